The standard InChI is InChI=1S/C4H2N2OS/c7-1-3-4(8)6-2-5-3/h2H,(H,5,6,8). The largest absolute Gasteiger partial charge is 0.335 e. The van der Waals surface area contributed by atoms with Crippen LogP contribution in [0.5, 0.6) is 0 Å². The molecule has 0 spiro atoms. The Morgan fingerprint density at radius 1 is 1.88 bits per heavy atom. The summed E-state index contributed by atoms with van der Waals surface area (Å²) in [6.45, 7) is 0. The highest BCUT2D eigenvalue weighted by Gasteiger charge is 2.06. The van der Waals surface area contributed by atoms with Gasteiger partial charge in [-0.3, -0.25) is 0 Å². The highest BCUT2D eigenvalue weighted by molar-refractivity contribution is 7.80. The summed E-state index contributed by atoms with van der Waals surface area (Å²) in [6, 6.07) is 0. The molecule has 0 bridgehead atoms. The van der Waals surface area contributed by atoms with E-state index in [0.29, 0.717) is 0 Å². The Balaban J connectivity index is 2.95. The summed E-state index contributed by atoms with van der Waals surface area (Å²) in [7, 11) is 0. The van der Waals surface area contributed by atoms with Crippen LogP contribution in [0.25, 0.3) is 0 Å². The second-order valence-electron chi connectivity index (χ2n) is 1.18. The number of aliphatic imine (C=N–C) groups is 1. The fourth-order valence-corrected chi connectivity index (χ4v) is 0.508. The zero-order chi connectivity index (χ0) is 5.98. The van der Waals surface area contributed by atoms with Gasteiger partial charge in [-0.05, 0) is 0 Å². The third-order valence-corrected chi connectivity index (χ3v) is 1.02. The van der Waals surface area contributed by atoms with Crippen LogP contribution >= 0.6 is 12.2 Å². The number of hydrogen-bond donors (Lipinski definition) is 1. The number of nitrogens with one attached hydrogen (secondary N) is 1. The van der Waals surface area contributed by atoms with Crippen LogP contribution in [0.2, 0.25) is 0 Å². The van der Waals surface area contributed by atoms with Gasteiger partial charge in [-0.15, -0.1) is 0 Å². The normalized spacial score (nSPS) is 16.0. The molecule has 8 heavy (non-hydrogen) atoms. The van der Waals surface area contributed by atoms with Crippen LogP contribution in [0.4, 0.5) is 0 Å². The molecule has 0 fully saturated rings. The van der Waals surface area contributed by atoms with Gasteiger partial charge in [0.05, 0.1) is 6.34 Å². The number of thiocarbonyl (C=S) groups is 1. The highest BCUT2D eigenvalue weighted by Crippen LogP contribution is 1.94. The average molecular weight is 126 g/mol. The Morgan fingerprint density at radius 3 is 2.88 bits per heavy atom. The SMILES string of the molecule is O=C=C1NC=NC1=S. The van der Waals surface area contributed by atoms with Gasteiger partial charge in [-0.2, -0.15) is 0 Å². The molecule has 0 aromatic heterocycles. The molecule has 0 saturated carbocycles. The summed E-state index contributed by atoms with van der Waals surface area (Å²) in [5.74, 6) is 1.60. The molecular weight excluding hydrogens is 124 g/mol. The molecule has 1 rings (SSSR count). The summed E-state index contributed by atoms with van der Waals surface area (Å²) in [5, 5.41) is 2.52. The van der Waals surface area contributed by atoms with Crippen molar-refractivity contribution in [2.75, 3.05) is 0 Å². The molecule has 1 heterocycles. The average Bonchev–Trinajstić information content (AvgIpc) is 2.14. The summed E-state index contributed by atoms with van der Waals surface area (Å²) in [5.41, 5.74) is 0.250. The molecule has 1 aliphatic rings. The molecule has 3 nitrogen and oxygen atoms in total. The van der Waals surface area contributed by atoms with E-state index in [1.807, 2.05) is 0 Å². The number of hydrogen-bond acceptors (Lipinski definition) is 3. The van der Waals surface area contributed by atoms with Crippen LogP contribution in [0.1, 0.15) is 0 Å². The number of rotatable bonds is 0. The maximum absolute atomic E-state index is 9.83. The van der Waals surface area contributed by atoms with E-state index < -0.39 is 0 Å². The Bertz CT molecular complexity index is 202. The fraction of sp³-hybridized carbons (Fsp3) is 0. The topological polar surface area (TPSA) is 41.5 Å². The molecule has 0 aromatic carbocycles. The Morgan fingerprint density at radius 2 is 2.62 bits per heavy atom. The minimum Gasteiger partial charge on any atom is -0.335 e. The van der Waals surface area contributed by atoms with Crippen LogP contribution in [-0.4, -0.2) is 17.3 Å². The van der Waals surface area contributed by atoms with Gasteiger partial charge in [-0.1, -0.05) is 12.2 Å². The quantitative estimate of drug-likeness (QED) is 0.274. The molecule has 1 N–H and O–H groups in total. The van der Waals surface area contributed by atoms with Gasteiger partial charge >= 0.3 is 0 Å². The van der Waals surface area contributed by atoms with Gasteiger partial charge in [0.25, 0.3) is 0 Å². The van der Waals surface area contributed by atoms with Crippen molar-refractivity contribution in [2.24, 2.45) is 4.99 Å². The predicted molar refractivity (Wildman–Crippen MR) is 33.4 cm³/mol. The summed E-state index contributed by atoms with van der Waals surface area (Å²) in [4.78, 5) is 13.7. The van der Waals surface area contributed by atoms with Gasteiger partial charge < -0.3 is 5.32 Å². The second-order valence-corrected chi connectivity index (χ2v) is 1.57. The van der Waals surface area contributed by atoms with Crippen molar-refractivity contribution in [1.82, 2.24) is 5.32 Å². The van der Waals surface area contributed by atoms with Crippen molar-refractivity contribution in [2.45, 2.75) is 0 Å². The van der Waals surface area contributed by atoms with Crippen LogP contribution in [0.3, 0.4) is 0 Å². The first-order valence-corrected chi connectivity index (χ1v) is 2.34. The zero-order valence-electron chi connectivity index (χ0n) is 3.84. The molecule has 40 valence electrons. The minimum atomic E-state index is 0.250. The van der Waals surface area contributed by atoms with Gasteiger partial charge in [0.2, 0.25) is 0 Å². The predicted octanol–water partition coefficient (Wildman–Crippen LogP) is -0.339. The molecule has 0 saturated heterocycles. The Hall–Kier alpha value is -0.990. The van der Waals surface area contributed by atoms with Crippen LogP contribution in [0.15, 0.2) is 10.7 Å². The third-order valence-electron chi connectivity index (χ3n) is 0.707. The van der Waals surface area contributed by atoms with Crippen LogP contribution in [-0.2, 0) is 4.79 Å². The Labute approximate surface area is 51.1 Å². The first kappa shape index (κ1) is 5.15. The molecule has 0 atom stereocenters. The van der Waals surface area contributed by atoms with E-state index in [-0.39, 0.29) is 10.7 Å². The first-order valence-electron chi connectivity index (χ1n) is 1.93. The molecular formula is C4H2N2OS. The molecule has 0 aliphatic carbocycles. The van der Waals surface area contributed by atoms with E-state index in [4.69, 9.17) is 0 Å². The van der Waals surface area contributed by atoms with Gasteiger partial charge in [-0.25, -0.2) is 9.79 Å². The van der Waals surface area contributed by atoms with E-state index in [0.717, 1.165) is 0 Å². The zero-order valence-corrected chi connectivity index (χ0v) is 4.66. The van der Waals surface area contributed by atoms with Crippen molar-refractivity contribution >= 4 is 29.5 Å². The lowest BCUT2D eigenvalue weighted by Crippen LogP contribution is -2.06. The summed E-state index contributed by atoms with van der Waals surface area (Å²) in [6.07, 6.45) is 1.36. The van der Waals surface area contributed by atoms with E-state index in [2.05, 4.69) is 22.5 Å². The van der Waals surface area contributed by atoms with E-state index in [1.54, 1.807) is 5.94 Å². The maximum atomic E-state index is 9.83. The van der Waals surface area contributed by atoms with Gasteiger partial charge in [0, 0.05) is 0 Å². The minimum absolute atomic E-state index is 0.250. The van der Waals surface area contributed by atoms with E-state index in [1.165, 1.54) is 6.34 Å². The lowest BCUT2D eigenvalue weighted by molar-refractivity contribution is 0.567. The molecule has 0 radical (unpaired) electrons. The molecule has 0 aromatic rings. The summed E-state index contributed by atoms with van der Waals surface area (Å²) < 4.78 is 0. The molecule has 1 aliphatic heterocycles. The van der Waals surface area contributed by atoms with Crippen molar-refractivity contribution < 1.29 is 4.79 Å². The van der Waals surface area contributed by atoms with Crippen molar-refractivity contribution in [3.05, 3.63) is 5.70 Å². The van der Waals surface area contributed by atoms with Crippen molar-refractivity contribution in [3.8, 4) is 0 Å². The molecule has 4 heteroatoms. The fourth-order valence-electron chi connectivity index (χ4n) is 0.355. The third kappa shape index (κ3) is 0.665. The monoisotopic (exact) mass is 126 g/mol. The van der Waals surface area contributed by atoms with Gasteiger partial charge in [0.1, 0.15) is 0 Å². The lowest BCUT2D eigenvalue weighted by atomic mass is 10.5. The van der Waals surface area contributed by atoms with Crippen LogP contribution in [0, 0.1) is 0 Å². The Kier molecular flexibility index (Phi) is 1.20. The molecule has 0 unspecified atom stereocenters. The highest BCUT2D eigenvalue weighted by atomic mass is 32.1. The lowest BCUT2D eigenvalue weighted by Gasteiger charge is -1.82. The smallest absolute Gasteiger partial charge is 0.162 e. The van der Waals surface area contributed by atoms with Crippen LogP contribution < -0.4 is 5.32 Å². The number of carbonyl (C=O) groups excluding carboxylic acids is 1. The van der Waals surface area contributed by atoms with Crippen molar-refractivity contribution in [3.63, 3.8) is 0 Å². The van der Waals surface area contributed by atoms with E-state index in [9.17, 15) is 4.79 Å². The second kappa shape index (κ2) is 1.86. The number of nitrogens with zero attached hydrogens (tertiary/aromatic N) is 1. The van der Waals surface area contributed by atoms with E-state index >= 15 is 0 Å². The summed E-state index contributed by atoms with van der Waals surface area (Å²) >= 11 is 4.58. The molecule has 0 amide bonds. The van der Waals surface area contributed by atoms with Gasteiger partial charge in [0.15, 0.2) is 16.6 Å². The van der Waals surface area contributed by atoms with Crippen molar-refractivity contribution in [1.29, 1.82) is 0 Å². The maximum Gasteiger partial charge on any atom is 0.162 e. The first-order chi connectivity index (χ1) is 3.84.